The Balaban J connectivity index is 1.85. The second kappa shape index (κ2) is 12.1. The Kier molecular flexibility index (Phi) is 8.25. The van der Waals surface area contributed by atoms with Gasteiger partial charge in [-0.05, 0) is 64.6 Å². The van der Waals surface area contributed by atoms with Gasteiger partial charge in [0, 0.05) is 72.2 Å². The molecule has 2 aliphatic heterocycles. The number of non-ortho nitro benzene ring substituents is 2. The lowest BCUT2D eigenvalue weighted by molar-refractivity contribution is -0.385. The zero-order valence-electron chi connectivity index (χ0n) is 28.2. The minimum absolute atomic E-state index is 0.157. The molecule has 15 nitrogen and oxygen atoms in total. The van der Waals surface area contributed by atoms with Crippen LogP contribution in [0.3, 0.4) is 0 Å². The molecule has 0 saturated carbocycles. The number of nitro groups is 2. The number of likely N-dealkylation sites (N-methyl/N-ethyl adjacent to an activating group) is 2. The van der Waals surface area contributed by atoms with Crippen LogP contribution in [0.5, 0.6) is 0 Å². The predicted octanol–water partition coefficient (Wildman–Crippen LogP) is 5.40. The molecule has 0 spiro atoms. The molecule has 16 heteroatoms. The first kappa shape index (κ1) is 34.2. The summed E-state index contributed by atoms with van der Waals surface area (Å²) in [7, 11) is 5.36. The molecule has 2 atom stereocenters. The molecule has 0 radical (unpaired) electrons. The van der Waals surface area contributed by atoms with E-state index in [4.69, 9.17) is 0 Å². The Hall–Kier alpha value is -5.63. The van der Waals surface area contributed by atoms with E-state index in [9.17, 15) is 20.2 Å². The summed E-state index contributed by atoms with van der Waals surface area (Å²) in [5.74, 6) is -1.19. The van der Waals surface area contributed by atoms with E-state index in [1.807, 2.05) is 0 Å². The molecule has 0 aromatic heterocycles. The lowest BCUT2D eigenvalue weighted by atomic mass is 9.68. The predicted molar refractivity (Wildman–Crippen MR) is 190 cm³/mol. The minimum Gasteiger partial charge on any atom is -0.365 e. The molecule has 0 fully saturated rings. The van der Waals surface area contributed by atoms with Crippen molar-refractivity contribution in [3.05, 3.63) is 128 Å². The van der Waals surface area contributed by atoms with Gasteiger partial charge in [-0.25, -0.2) is 9.34 Å². The number of nitro benzene ring substituents is 2. The minimum atomic E-state index is -4.16. The highest BCUT2D eigenvalue weighted by molar-refractivity contribution is 7.60. The van der Waals surface area contributed by atoms with E-state index in [-0.39, 0.29) is 22.7 Å². The number of benzene rings is 4. The maximum atomic E-state index is 16.0. The average Bonchev–Trinajstić information content (AvgIpc) is 3.45. The third-order valence-electron chi connectivity index (χ3n) is 9.44. The molecule has 2 aliphatic rings. The summed E-state index contributed by atoms with van der Waals surface area (Å²) in [6.07, 6.45) is 0. The van der Waals surface area contributed by atoms with Crippen molar-refractivity contribution in [3.63, 3.8) is 0 Å². The maximum Gasteiger partial charge on any atom is 0.311 e. The first-order valence-corrected chi connectivity index (χ1v) is 17.0. The number of fused-ring (bicyclic) bond motifs is 2. The summed E-state index contributed by atoms with van der Waals surface area (Å²) in [5.41, 5.74) is -2.68. The number of nitrogens with one attached hydrogen (secondary N) is 1. The van der Waals surface area contributed by atoms with Crippen molar-refractivity contribution in [2.75, 3.05) is 62.1 Å². The number of rotatable bonds is 10. The van der Waals surface area contributed by atoms with Crippen LogP contribution in [0.4, 0.5) is 34.1 Å². The SMILES string of the molecule is CN1C(=O)C(Nc2ccc([N+](=O)[O-])cc2)(C2(N(c3ccc([N+](=O)[O-])cc3)P(=O)(N(C)C)N(C)C)C(=O)N(C)c3ccccc32)c2ccccc21. The Morgan fingerprint density at radius 1 is 0.660 bits per heavy atom. The van der Waals surface area contributed by atoms with Crippen LogP contribution >= 0.6 is 7.59 Å². The van der Waals surface area contributed by atoms with Crippen LogP contribution < -0.4 is 19.8 Å². The van der Waals surface area contributed by atoms with E-state index in [1.54, 1.807) is 90.8 Å². The molecule has 2 unspecified atom stereocenters. The van der Waals surface area contributed by atoms with Crippen molar-refractivity contribution in [3.8, 4) is 0 Å². The van der Waals surface area contributed by atoms with Gasteiger partial charge < -0.3 is 15.1 Å². The molecule has 6 rings (SSSR count). The van der Waals surface area contributed by atoms with Gasteiger partial charge in [0.15, 0.2) is 11.1 Å². The first-order chi connectivity index (χ1) is 23.6. The summed E-state index contributed by atoms with van der Waals surface area (Å²) in [6.45, 7) is 0. The monoisotopic (exact) mass is 698 g/mol. The summed E-state index contributed by atoms with van der Waals surface area (Å²) in [5, 5.41) is 26.8. The highest BCUT2D eigenvalue weighted by atomic mass is 31.2. The molecule has 2 amide bonds. The van der Waals surface area contributed by atoms with Crippen LogP contribution in [0.1, 0.15) is 11.1 Å². The van der Waals surface area contributed by atoms with Crippen LogP contribution in [-0.2, 0) is 25.2 Å². The van der Waals surface area contributed by atoms with E-state index in [0.29, 0.717) is 22.5 Å². The molecular formula is C34H35N8O7P. The Labute approximate surface area is 288 Å². The number of anilines is 4. The number of hydrogen-bond donors (Lipinski definition) is 1. The molecular weight excluding hydrogens is 663 g/mol. The second-order valence-electron chi connectivity index (χ2n) is 12.4. The highest BCUT2D eigenvalue weighted by Crippen LogP contribution is 2.69. The fourth-order valence-corrected chi connectivity index (χ4v) is 9.84. The fourth-order valence-electron chi connectivity index (χ4n) is 7.24. The fraction of sp³-hybridized carbons (Fsp3) is 0.235. The quantitative estimate of drug-likeness (QED) is 0.128. The van der Waals surface area contributed by atoms with Crippen LogP contribution in [0, 0.1) is 20.2 Å². The zero-order chi connectivity index (χ0) is 36.3. The Bertz CT molecular complexity index is 2080. The van der Waals surface area contributed by atoms with Crippen LogP contribution in [0.15, 0.2) is 97.1 Å². The first-order valence-electron chi connectivity index (χ1n) is 15.4. The molecule has 4 aromatic carbocycles. The van der Waals surface area contributed by atoms with Gasteiger partial charge in [-0.15, -0.1) is 0 Å². The smallest absolute Gasteiger partial charge is 0.311 e. The largest absolute Gasteiger partial charge is 0.365 e. The zero-order valence-corrected chi connectivity index (χ0v) is 29.1. The van der Waals surface area contributed by atoms with E-state index in [1.165, 1.54) is 72.3 Å². The lowest BCUT2D eigenvalue weighted by Gasteiger charge is -2.55. The number of carbonyl (C=O) groups excluding carboxylic acids is 2. The van der Waals surface area contributed by atoms with Gasteiger partial charge in [0.2, 0.25) is 0 Å². The molecule has 1 N–H and O–H groups in total. The van der Waals surface area contributed by atoms with Gasteiger partial charge in [-0.3, -0.25) is 39.1 Å². The van der Waals surface area contributed by atoms with E-state index in [2.05, 4.69) is 5.32 Å². The molecule has 0 bridgehead atoms. The normalized spacial score (nSPS) is 19.9. The molecule has 4 aromatic rings. The van der Waals surface area contributed by atoms with Crippen molar-refractivity contribution >= 4 is 53.5 Å². The van der Waals surface area contributed by atoms with Gasteiger partial charge in [0.25, 0.3) is 23.2 Å². The van der Waals surface area contributed by atoms with Crippen molar-refractivity contribution in [2.45, 2.75) is 11.1 Å². The molecule has 258 valence electrons. The molecule has 50 heavy (non-hydrogen) atoms. The summed E-state index contributed by atoms with van der Waals surface area (Å²) >= 11 is 0. The van der Waals surface area contributed by atoms with Crippen LogP contribution in [-0.4, -0.2) is 73.3 Å². The van der Waals surface area contributed by atoms with Gasteiger partial charge in [0.1, 0.15) is 0 Å². The summed E-state index contributed by atoms with van der Waals surface area (Å²) < 4.78 is 20.4. The van der Waals surface area contributed by atoms with Gasteiger partial charge in [-0.2, -0.15) is 0 Å². The maximum absolute atomic E-state index is 16.0. The second-order valence-corrected chi connectivity index (χ2v) is 15.5. The number of carbonyl (C=O) groups is 2. The summed E-state index contributed by atoms with van der Waals surface area (Å²) in [6, 6.07) is 24.7. The van der Waals surface area contributed by atoms with E-state index in [0.717, 1.165) is 0 Å². The van der Waals surface area contributed by atoms with Crippen LogP contribution in [0.2, 0.25) is 0 Å². The molecule has 0 aliphatic carbocycles. The van der Waals surface area contributed by atoms with Gasteiger partial charge in [0.05, 0.1) is 9.85 Å². The summed E-state index contributed by atoms with van der Waals surface area (Å²) in [4.78, 5) is 56.2. The third-order valence-corrected chi connectivity index (χ3v) is 12.6. The topological polar surface area (TPSA) is 166 Å². The van der Waals surface area contributed by atoms with Crippen molar-refractivity contribution in [2.24, 2.45) is 0 Å². The Morgan fingerprint density at radius 2 is 1.10 bits per heavy atom. The molecule has 2 heterocycles. The van der Waals surface area contributed by atoms with Gasteiger partial charge in [-0.1, -0.05) is 36.4 Å². The van der Waals surface area contributed by atoms with E-state index < -0.39 is 40.3 Å². The average molecular weight is 699 g/mol. The number of nitrogens with zero attached hydrogens (tertiary/aromatic N) is 7. The standard InChI is InChI=1S/C34H35N8O7P/c1-36(2)50(49,37(3)4)40(24-19-21-26(22-20-24)42(47)48)34(28-12-8-10-14-30(28)39(6)32(34)44)33(35-23-15-17-25(18-16-23)41(45)46)27-11-7-9-13-29(27)38(5)31(33)43/h7-22,35H,1-6H3. The number of amides is 2. The van der Waals surface area contributed by atoms with Crippen molar-refractivity contribution in [1.29, 1.82) is 0 Å². The van der Waals surface area contributed by atoms with Gasteiger partial charge >= 0.3 is 7.59 Å². The number of hydrogen-bond acceptors (Lipinski definition) is 8. The van der Waals surface area contributed by atoms with Crippen molar-refractivity contribution < 1.29 is 24.0 Å². The molecule has 0 saturated heterocycles. The Morgan fingerprint density at radius 3 is 1.60 bits per heavy atom. The van der Waals surface area contributed by atoms with E-state index >= 15 is 14.2 Å². The third kappa shape index (κ3) is 4.54. The van der Waals surface area contributed by atoms with Crippen molar-refractivity contribution in [1.82, 2.24) is 9.34 Å². The highest BCUT2D eigenvalue weighted by Gasteiger charge is 2.76. The van der Waals surface area contributed by atoms with Crippen LogP contribution in [0.25, 0.3) is 0 Å². The lowest BCUT2D eigenvalue weighted by Crippen LogP contribution is -2.71. The number of para-hydroxylation sites is 2.